The Morgan fingerprint density at radius 2 is 1.62 bits per heavy atom. The van der Waals surface area contributed by atoms with Crippen LogP contribution in [0.3, 0.4) is 0 Å². The van der Waals surface area contributed by atoms with E-state index in [9.17, 15) is 43.7 Å². The first-order chi connectivity index (χ1) is 27.2. The van der Waals surface area contributed by atoms with Gasteiger partial charge in [-0.25, -0.2) is 8.42 Å². The predicted octanol–water partition coefficient (Wildman–Crippen LogP) is 6.06. The predicted molar refractivity (Wildman–Crippen MR) is 222 cm³/mol. The second-order valence-corrected chi connectivity index (χ2v) is 19.6. The van der Waals surface area contributed by atoms with Crippen LogP contribution in [0.1, 0.15) is 83.3 Å². The maximum atomic E-state index is 12.3. The Morgan fingerprint density at radius 1 is 0.914 bits per heavy atom. The molecule has 0 aromatic heterocycles. The fourth-order valence-electron chi connectivity index (χ4n) is 7.69. The Balaban J connectivity index is 1.65. The highest BCUT2D eigenvalue weighted by atomic mass is 32.2. The van der Waals surface area contributed by atoms with Crippen LogP contribution in [0.2, 0.25) is 0 Å². The zero-order chi connectivity index (χ0) is 42.8. The quantitative estimate of drug-likeness (QED) is 0.0233. The molecule has 0 aliphatic carbocycles. The van der Waals surface area contributed by atoms with Gasteiger partial charge in [0.1, 0.15) is 16.7 Å². The van der Waals surface area contributed by atoms with Gasteiger partial charge in [-0.3, -0.25) is 13.9 Å². The van der Waals surface area contributed by atoms with E-state index < -0.39 is 51.8 Å². The first kappa shape index (κ1) is 46.3. The maximum Gasteiger partial charge on any atom is 0.265 e. The number of allylic oxidation sites excluding steroid dienone is 6. The minimum Gasteiger partial charge on any atom is -0.744 e. The van der Waals surface area contributed by atoms with Crippen molar-refractivity contribution in [3.8, 4) is 0 Å². The normalized spacial score (nSPS) is 18.6. The Hall–Kier alpha value is -4.36. The number of rotatable bonds is 22. The van der Waals surface area contributed by atoms with Crippen molar-refractivity contribution in [1.82, 2.24) is 5.32 Å². The molecule has 3 N–H and O–H groups in total. The fourth-order valence-corrected chi connectivity index (χ4v) is 9.18. The molecular formula is C39H52N6O10S3. The summed E-state index contributed by atoms with van der Waals surface area (Å²) in [5.41, 5.74) is 11.9. The van der Waals surface area contributed by atoms with Gasteiger partial charge in [-0.1, -0.05) is 54.4 Å². The summed E-state index contributed by atoms with van der Waals surface area (Å²) in [6.07, 6.45) is 12.7. The average molecular weight is 861 g/mol. The molecule has 1 atom stereocenters. The number of unbranched alkanes of at least 4 members (excludes halogenated alkanes) is 2. The molecule has 16 nitrogen and oxygen atoms in total. The standard InChI is InChI=1S/C39H52N6O10S3/c1-38(2)31-15-9-10-16-33(31)44(25-13-27-56(47,48)49)35(38)17-6-4-7-18-36-39(3,22-11-5-8-19-37(46)41-23-12-24-42-43-40)32-29-30(58(53,54)55)20-21-34(32)45(36)26-14-28-57(50,51)52/h4,6-7,9-10,15-18,20-21,29H,5,8,11-14,19,22-28H2,1-3H3,(H3-,41,46,47,48,49,50,51,52,53,54,55). The summed E-state index contributed by atoms with van der Waals surface area (Å²) in [6, 6.07) is 12.0. The van der Waals surface area contributed by atoms with E-state index in [1.165, 1.54) is 18.2 Å². The molecule has 2 heterocycles. The lowest BCUT2D eigenvalue weighted by molar-refractivity contribution is -0.437. The minimum atomic E-state index is -4.82. The van der Waals surface area contributed by atoms with Crippen LogP contribution in [0.5, 0.6) is 0 Å². The van der Waals surface area contributed by atoms with Crippen LogP contribution in [-0.2, 0) is 46.0 Å². The Labute approximate surface area is 341 Å². The molecule has 0 radical (unpaired) electrons. The van der Waals surface area contributed by atoms with Crippen molar-refractivity contribution in [2.24, 2.45) is 5.11 Å². The molecule has 2 aromatic rings. The van der Waals surface area contributed by atoms with E-state index in [1.54, 1.807) is 0 Å². The van der Waals surface area contributed by atoms with Gasteiger partial charge in [-0.15, -0.1) is 0 Å². The minimum absolute atomic E-state index is 0.0519. The average Bonchev–Trinajstić information content (AvgIpc) is 3.49. The number of anilines is 1. The number of hydrogen-bond donors (Lipinski definition) is 3. The van der Waals surface area contributed by atoms with Crippen molar-refractivity contribution in [2.45, 2.75) is 87.9 Å². The summed E-state index contributed by atoms with van der Waals surface area (Å²) in [4.78, 5) is 16.5. The van der Waals surface area contributed by atoms with Crippen LogP contribution in [-0.4, -0.2) is 92.8 Å². The first-order valence-electron chi connectivity index (χ1n) is 19.0. The van der Waals surface area contributed by atoms with Crippen LogP contribution >= 0.6 is 0 Å². The monoisotopic (exact) mass is 860 g/mol. The molecule has 0 bridgehead atoms. The molecule has 0 saturated heterocycles. The van der Waals surface area contributed by atoms with Gasteiger partial charge in [0.2, 0.25) is 11.6 Å². The molecule has 1 amide bonds. The number of nitrogens with one attached hydrogen (secondary N) is 1. The second-order valence-electron chi connectivity index (χ2n) is 15.1. The molecule has 2 aliphatic heterocycles. The summed E-state index contributed by atoms with van der Waals surface area (Å²) in [5.74, 6) is -1.01. The van der Waals surface area contributed by atoms with Crippen LogP contribution in [0.15, 0.2) is 88.6 Å². The lowest BCUT2D eigenvalue weighted by atomic mass is 9.77. The summed E-state index contributed by atoms with van der Waals surface area (Å²) in [6.45, 7) is 7.26. The molecule has 2 aliphatic rings. The SMILES string of the molecule is CC1(C)C(C=CC=CC=C2N(CCCS(=O)(=O)O)c3ccc(S(=O)(=O)[O-])cc3C2(C)CCCCCC(=O)NCCCN=[N+]=[N-])=[N+](CCCS(=O)(=O)O)c2ccccc21. The Morgan fingerprint density at radius 3 is 2.31 bits per heavy atom. The molecule has 58 heavy (non-hydrogen) atoms. The van der Waals surface area contributed by atoms with Gasteiger partial charge in [-0.05, 0) is 81.8 Å². The van der Waals surface area contributed by atoms with Gasteiger partial charge in [0.25, 0.3) is 20.2 Å². The van der Waals surface area contributed by atoms with Gasteiger partial charge in [0, 0.05) is 71.9 Å². The summed E-state index contributed by atoms with van der Waals surface area (Å²) in [7, 11) is -13.2. The Bertz CT molecular complexity index is 2350. The molecule has 19 heteroatoms. The zero-order valence-corrected chi connectivity index (χ0v) is 35.4. The molecule has 0 fully saturated rings. The first-order valence-corrected chi connectivity index (χ1v) is 23.7. The highest BCUT2D eigenvalue weighted by Gasteiger charge is 2.45. The van der Waals surface area contributed by atoms with Crippen LogP contribution in [0, 0.1) is 0 Å². The number of carbonyl (C=O) groups is 1. The molecule has 2 aromatic carbocycles. The molecule has 316 valence electrons. The second kappa shape index (κ2) is 19.6. The lowest BCUT2D eigenvalue weighted by Gasteiger charge is -2.30. The van der Waals surface area contributed by atoms with E-state index in [0.29, 0.717) is 62.1 Å². The van der Waals surface area contributed by atoms with Gasteiger partial charge in [0.05, 0.1) is 21.8 Å². The van der Waals surface area contributed by atoms with E-state index in [-0.39, 0.29) is 44.0 Å². The highest BCUT2D eigenvalue weighted by Crippen LogP contribution is 2.51. The van der Waals surface area contributed by atoms with E-state index in [4.69, 9.17) is 5.53 Å². The number of amides is 1. The van der Waals surface area contributed by atoms with Crippen molar-refractivity contribution in [2.75, 3.05) is 42.6 Å². The molecule has 4 rings (SSSR count). The molecule has 0 saturated carbocycles. The van der Waals surface area contributed by atoms with E-state index in [0.717, 1.165) is 17.0 Å². The molecule has 0 spiro atoms. The number of para-hydroxylation sites is 1. The number of nitrogens with zero attached hydrogens (tertiary/aromatic N) is 5. The number of azide groups is 1. The van der Waals surface area contributed by atoms with Gasteiger partial charge < -0.3 is 14.8 Å². The van der Waals surface area contributed by atoms with Crippen molar-refractivity contribution >= 4 is 53.3 Å². The lowest BCUT2D eigenvalue weighted by Crippen LogP contribution is -2.30. The highest BCUT2D eigenvalue weighted by molar-refractivity contribution is 7.86. The third kappa shape index (κ3) is 12.3. The van der Waals surface area contributed by atoms with Crippen molar-refractivity contribution in [3.05, 3.63) is 100 Å². The summed E-state index contributed by atoms with van der Waals surface area (Å²) in [5, 5.41) is 6.25. The van der Waals surface area contributed by atoms with Crippen molar-refractivity contribution in [1.29, 1.82) is 0 Å². The van der Waals surface area contributed by atoms with E-state index in [2.05, 4.69) is 29.2 Å². The van der Waals surface area contributed by atoms with E-state index in [1.807, 2.05) is 71.0 Å². The Kier molecular flexibility index (Phi) is 15.7. The maximum absolute atomic E-state index is 12.3. The molecule has 1 unspecified atom stereocenters. The van der Waals surface area contributed by atoms with Crippen molar-refractivity contribution in [3.63, 3.8) is 0 Å². The van der Waals surface area contributed by atoms with Gasteiger partial charge in [-0.2, -0.15) is 21.4 Å². The third-order valence-electron chi connectivity index (χ3n) is 10.5. The summed E-state index contributed by atoms with van der Waals surface area (Å²) < 4.78 is 104. The van der Waals surface area contributed by atoms with Crippen LogP contribution in [0.4, 0.5) is 11.4 Å². The number of fused-ring (bicyclic) bond motifs is 2. The fraction of sp³-hybridized carbons (Fsp3) is 0.487. The largest absolute Gasteiger partial charge is 0.744 e. The smallest absolute Gasteiger partial charge is 0.265 e. The van der Waals surface area contributed by atoms with E-state index >= 15 is 0 Å². The third-order valence-corrected chi connectivity index (χ3v) is 12.9. The van der Waals surface area contributed by atoms with Crippen LogP contribution < -0.4 is 10.2 Å². The summed E-state index contributed by atoms with van der Waals surface area (Å²) >= 11 is 0. The number of benzene rings is 2. The van der Waals surface area contributed by atoms with Gasteiger partial charge in [0.15, 0.2) is 5.71 Å². The van der Waals surface area contributed by atoms with Crippen molar-refractivity contribution < 1.29 is 48.3 Å². The zero-order valence-electron chi connectivity index (χ0n) is 32.9. The molecular weight excluding hydrogens is 809 g/mol. The van der Waals surface area contributed by atoms with Crippen LogP contribution in [0.25, 0.3) is 10.4 Å². The topological polar surface area (TPSA) is 250 Å². The number of hydrogen-bond acceptors (Lipinski definition) is 10. The van der Waals surface area contributed by atoms with Gasteiger partial charge >= 0.3 is 0 Å². The number of carbonyl (C=O) groups excluding carboxylic acids is 1.